The molecule has 2 heterocycles. The van der Waals surface area contributed by atoms with Crippen molar-refractivity contribution in [1.82, 2.24) is 4.98 Å². The Balaban J connectivity index is 1.82. The third kappa shape index (κ3) is 3.45. The van der Waals surface area contributed by atoms with E-state index in [1.54, 1.807) is 24.8 Å². The Hall–Kier alpha value is -2.96. The number of fused-ring (bicyclic) bond motifs is 1. The van der Waals surface area contributed by atoms with Crippen LogP contribution in [0.5, 0.6) is 5.75 Å². The highest BCUT2D eigenvalue weighted by Gasteiger charge is 2.29. The van der Waals surface area contributed by atoms with Gasteiger partial charge in [-0.25, -0.2) is 0 Å². The molecule has 0 fully saturated rings. The number of ether oxygens (including phenoxy) is 1. The molecule has 0 aliphatic carbocycles. The van der Waals surface area contributed by atoms with E-state index in [0.717, 1.165) is 24.1 Å². The van der Waals surface area contributed by atoms with Gasteiger partial charge in [0.1, 0.15) is 5.69 Å². The maximum Gasteiger partial charge on any atom is 0.406 e. The summed E-state index contributed by atoms with van der Waals surface area (Å²) < 4.78 is 5.60. The standard InChI is InChI=1S/C18H19N3O4/c1-12-9-10-16(17(19-12)21(23)24)25-13(2)18(22)20-11-5-7-14-6-3-4-8-15(14)20/h3-4,6,8-10,13H,5,7,11H2,1-2H3/t13-/m0/s1. The van der Waals surface area contributed by atoms with Crippen LogP contribution in [0.1, 0.15) is 24.6 Å². The van der Waals surface area contributed by atoms with Gasteiger partial charge in [-0.3, -0.25) is 4.79 Å². The van der Waals surface area contributed by atoms with Gasteiger partial charge in [0.2, 0.25) is 5.75 Å². The SMILES string of the molecule is Cc1ccc(O[C@@H](C)C(=O)N2CCCc3ccccc32)c([N+](=O)[O-])n1. The highest BCUT2D eigenvalue weighted by atomic mass is 16.6. The van der Waals surface area contributed by atoms with Crippen molar-refractivity contribution in [3.8, 4) is 5.75 Å². The molecule has 0 saturated carbocycles. The average Bonchev–Trinajstić information content (AvgIpc) is 2.61. The van der Waals surface area contributed by atoms with Crippen LogP contribution in [0.4, 0.5) is 11.5 Å². The zero-order valence-corrected chi connectivity index (χ0v) is 14.1. The number of hydrogen-bond acceptors (Lipinski definition) is 5. The van der Waals surface area contributed by atoms with Crippen LogP contribution in [-0.4, -0.2) is 28.5 Å². The van der Waals surface area contributed by atoms with Gasteiger partial charge in [0, 0.05) is 19.2 Å². The lowest BCUT2D eigenvalue weighted by atomic mass is 10.0. The minimum Gasteiger partial charge on any atom is -0.473 e. The predicted molar refractivity (Wildman–Crippen MR) is 92.8 cm³/mol. The Morgan fingerprint density at radius 3 is 2.84 bits per heavy atom. The quantitative estimate of drug-likeness (QED) is 0.630. The molecule has 0 N–H and O–H groups in total. The summed E-state index contributed by atoms with van der Waals surface area (Å²) in [5.41, 5.74) is 2.52. The molecule has 1 aliphatic rings. The lowest BCUT2D eigenvalue weighted by molar-refractivity contribution is -0.390. The van der Waals surface area contributed by atoms with Crippen molar-refractivity contribution >= 4 is 17.4 Å². The summed E-state index contributed by atoms with van der Waals surface area (Å²) in [6.07, 6.45) is 0.957. The van der Waals surface area contributed by atoms with Crippen molar-refractivity contribution in [1.29, 1.82) is 0 Å². The van der Waals surface area contributed by atoms with Crippen molar-refractivity contribution in [2.75, 3.05) is 11.4 Å². The summed E-state index contributed by atoms with van der Waals surface area (Å²) in [6, 6.07) is 10.9. The largest absolute Gasteiger partial charge is 0.473 e. The number of carbonyl (C=O) groups excluding carboxylic acids is 1. The van der Waals surface area contributed by atoms with Crippen LogP contribution in [0.25, 0.3) is 0 Å². The van der Waals surface area contributed by atoms with Crippen LogP contribution in [0, 0.1) is 17.0 Å². The summed E-state index contributed by atoms with van der Waals surface area (Å²) >= 11 is 0. The van der Waals surface area contributed by atoms with E-state index in [-0.39, 0.29) is 17.5 Å². The Kier molecular flexibility index (Phi) is 4.65. The predicted octanol–water partition coefficient (Wildman–Crippen LogP) is 3.04. The first-order valence-corrected chi connectivity index (χ1v) is 8.15. The first-order chi connectivity index (χ1) is 12.0. The van der Waals surface area contributed by atoms with Gasteiger partial charge in [0.15, 0.2) is 6.10 Å². The van der Waals surface area contributed by atoms with Crippen LogP contribution >= 0.6 is 0 Å². The molecule has 1 aromatic carbocycles. The number of anilines is 1. The molecular formula is C18H19N3O4. The van der Waals surface area contributed by atoms with E-state index < -0.39 is 11.0 Å². The van der Waals surface area contributed by atoms with E-state index in [9.17, 15) is 14.9 Å². The highest BCUT2D eigenvalue weighted by Crippen LogP contribution is 2.29. The Morgan fingerprint density at radius 1 is 1.32 bits per heavy atom. The second-order valence-corrected chi connectivity index (χ2v) is 6.01. The minimum atomic E-state index is -0.852. The van der Waals surface area contributed by atoms with Gasteiger partial charge < -0.3 is 19.8 Å². The topological polar surface area (TPSA) is 85.6 Å². The number of aromatic nitrogens is 1. The van der Waals surface area contributed by atoms with Gasteiger partial charge in [-0.1, -0.05) is 18.2 Å². The van der Waals surface area contributed by atoms with Gasteiger partial charge in [0.25, 0.3) is 5.91 Å². The normalized spacial score (nSPS) is 14.6. The van der Waals surface area contributed by atoms with E-state index >= 15 is 0 Å². The molecule has 0 unspecified atom stereocenters. The third-order valence-electron chi connectivity index (χ3n) is 4.18. The Morgan fingerprint density at radius 2 is 2.08 bits per heavy atom. The fraction of sp³-hybridized carbons (Fsp3) is 0.333. The summed E-state index contributed by atoms with van der Waals surface area (Å²) in [7, 11) is 0. The molecule has 0 spiro atoms. The van der Waals surface area contributed by atoms with Crippen molar-refractivity contribution in [3.63, 3.8) is 0 Å². The molecule has 1 aliphatic heterocycles. The lowest BCUT2D eigenvalue weighted by Gasteiger charge is -2.31. The van der Waals surface area contributed by atoms with E-state index in [0.29, 0.717) is 12.2 Å². The molecule has 7 heteroatoms. The number of aryl methyl sites for hydroxylation is 2. The first kappa shape index (κ1) is 16.9. The molecule has 1 amide bonds. The number of rotatable bonds is 4. The fourth-order valence-corrected chi connectivity index (χ4v) is 2.98. The van der Waals surface area contributed by atoms with Gasteiger partial charge in [-0.2, -0.15) is 0 Å². The number of nitrogens with zero attached hydrogens (tertiary/aromatic N) is 3. The van der Waals surface area contributed by atoms with E-state index in [1.807, 2.05) is 24.3 Å². The number of benzene rings is 1. The smallest absolute Gasteiger partial charge is 0.406 e. The number of hydrogen-bond donors (Lipinski definition) is 0. The lowest BCUT2D eigenvalue weighted by Crippen LogP contribution is -2.43. The molecule has 7 nitrogen and oxygen atoms in total. The van der Waals surface area contributed by atoms with Crippen LogP contribution in [0.3, 0.4) is 0 Å². The van der Waals surface area contributed by atoms with E-state index in [4.69, 9.17) is 4.74 Å². The van der Waals surface area contributed by atoms with Crippen molar-refractivity contribution in [3.05, 3.63) is 57.8 Å². The van der Waals surface area contributed by atoms with Crippen LogP contribution in [0.15, 0.2) is 36.4 Å². The molecule has 1 aromatic heterocycles. The van der Waals surface area contributed by atoms with Gasteiger partial charge >= 0.3 is 5.82 Å². The number of amides is 1. The molecule has 0 saturated heterocycles. The molecular weight excluding hydrogens is 322 g/mol. The second-order valence-electron chi connectivity index (χ2n) is 6.01. The van der Waals surface area contributed by atoms with Crippen molar-refractivity contribution in [2.24, 2.45) is 0 Å². The minimum absolute atomic E-state index is 0.00162. The summed E-state index contributed by atoms with van der Waals surface area (Å²) in [4.78, 5) is 29.0. The maximum atomic E-state index is 12.8. The fourth-order valence-electron chi connectivity index (χ4n) is 2.98. The van der Waals surface area contributed by atoms with Crippen LogP contribution < -0.4 is 9.64 Å². The monoisotopic (exact) mass is 341 g/mol. The van der Waals surface area contributed by atoms with Gasteiger partial charge in [0.05, 0.1) is 0 Å². The third-order valence-corrected chi connectivity index (χ3v) is 4.18. The maximum absolute atomic E-state index is 12.8. The second kappa shape index (κ2) is 6.88. The molecule has 3 rings (SSSR count). The van der Waals surface area contributed by atoms with Gasteiger partial charge in [-0.15, -0.1) is 0 Å². The average molecular weight is 341 g/mol. The number of para-hydroxylation sites is 1. The zero-order chi connectivity index (χ0) is 18.0. The van der Waals surface area contributed by atoms with Crippen molar-refractivity contribution in [2.45, 2.75) is 32.8 Å². The molecule has 0 radical (unpaired) electrons. The molecule has 25 heavy (non-hydrogen) atoms. The molecule has 1 atom stereocenters. The zero-order valence-electron chi connectivity index (χ0n) is 14.1. The van der Waals surface area contributed by atoms with E-state index in [1.165, 1.54) is 6.07 Å². The number of carbonyl (C=O) groups is 1. The van der Waals surface area contributed by atoms with Gasteiger partial charge in [-0.05, 0) is 53.4 Å². The highest BCUT2D eigenvalue weighted by molar-refractivity contribution is 5.97. The van der Waals surface area contributed by atoms with Crippen molar-refractivity contribution < 1.29 is 14.5 Å². The van der Waals surface area contributed by atoms with Crippen LogP contribution in [0.2, 0.25) is 0 Å². The summed E-state index contributed by atoms with van der Waals surface area (Å²) in [6.45, 7) is 3.87. The number of nitro groups is 1. The molecule has 0 bridgehead atoms. The summed E-state index contributed by atoms with van der Waals surface area (Å²) in [5, 5.41) is 11.2. The van der Waals surface area contributed by atoms with E-state index in [2.05, 4.69) is 4.98 Å². The Labute approximate surface area is 145 Å². The van der Waals surface area contributed by atoms with Crippen LogP contribution in [-0.2, 0) is 11.2 Å². The molecule has 2 aromatic rings. The Bertz CT molecular complexity index is 822. The molecule has 130 valence electrons. The number of pyridine rings is 1. The first-order valence-electron chi connectivity index (χ1n) is 8.15. The summed E-state index contributed by atoms with van der Waals surface area (Å²) in [5.74, 6) is -0.595.